The van der Waals surface area contributed by atoms with Crippen molar-refractivity contribution in [1.82, 2.24) is 0 Å². The molecule has 7 N–H and O–H groups in total. The molecule has 0 aromatic rings. The fourth-order valence-electron chi connectivity index (χ4n) is 9.80. The van der Waals surface area contributed by atoms with Gasteiger partial charge in [-0.1, -0.05) is 219 Å². The van der Waals surface area contributed by atoms with Crippen molar-refractivity contribution in [3.63, 3.8) is 0 Å². The van der Waals surface area contributed by atoms with E-state index in [1.54, 1.807) is 0 Å². The zero-order chi connectivity index (χ0) is 53.9. The Morgan fingerprint density at radius 1 is 0.419 bits per heavy atom. The monoisotopic (exact) mass is 1060 g/mol. The molecular formula is C59H110O15. The molecule has 2 rings (SSSR count). The number of aliphatic hydroxyl groups is 7. The van der Waals surface area contributed by atoms with Crippen LogP contribution < -0.4 is 0 Å². The lowest BCUT2D eigenvalue weighted by Gasteiger charge is -2.42. The first-order valence-corrected chi connectivity index (χ1v) is 30.3. The largest absolute Gasteiger partial charge is 0.462 e. The van der Waals surface area contributed by atoms with Gasteiger partial charge in [0.25, 0.3) is 0 Å². The van der Waals surface area contributed by atoms with Crippen LogP contribution in [0.4, 0.5) is 0 Å². The van der Waals surface area contributed by atoms with Crippen LogP contribution in [0.1, 0.15) is 258 Å². The molecule has 0 spiro atoms. The number of allylic oxidation sites excluding steroid dienone is 2. The summed E-state index contributed by atoms with van der Waals surface area (Å²) in [5, 5.41) is 72.3. The summed E-state index contributed by atoms with van der Waals surface area (Å²) < 4.78 is 33.7. The molecular weight excluding hydrogens is 949 g/mol. The zero-order valence-electron chi connectivity index (χ0n) is 46.6. The molecule has 2 aliphatic rings. The van der Waals surface area contributed by atoms with E-state index >= 15 is 0 Å². The van der Waals surface area contributed by atoms with Gasteiger partial charge in [-0.05, 0) is 38.5 Å². The average molecular weight is 1060 g/mol. The number of carbonyl (C=O) groups excluding carboxylic acids is 2. The molecule has 2 fully saturated rings. The maximum absolute atomic E-state index is 13.1. The molecule has 15 nitrogen and oxygen atoms in total. The van der Waals surface area contributed by atoms with E-state index in [1.807, 2.05) is 0 Å². The quantitative estimate of drug-likeness (QED) is 0.0171. The molecule has 2 heterocycles. The smallest absolute Gasteiger partial charge is 0.306 e. The highest BCUT2D eigenvalue weighted by Gasteiger charge is 2.47. The average Bonchev–Trinajstić information content (AvgIpc) is 3.39. The van der Waals surface area contributed by atoms with Gasteiger partial charge >= 0.3 is 11.9 Å². The van der Waals surface area contributed by atoms with Crippen LogP contribution in [0.5, 0.6) is 0 Å². The molecule has 2 saturated heterocycles. The highest BCUT2D eigenvalue weighted by molar-refractivity contribution is 5.70. The second-order valence-corrected chi connectivity index (χ2v) is 21.5. The molecule has 2 aliphatic heterocycles. The van der Waals surface area contributed by atoms with E-state index in [0.29, 0.717) is 12.8 Å². The Morgan fingerprint density at radius 2 is 0.770 bits per heavy atom. The van der Waals surface area contributed by atoms with Crippen LogP contribution in [0.15, 0.2) is 12.2 Å². The molecule has 0 aromatic carbocycles. The Bertz CT molecular complexity index is 1340. The molecule has 0 saturated carbocycles. The SMILES string of the molecule is CCCCCCCCCC/C=C\CCCCCCCCCCCCCC(=O)OC(COC(=O)CCCCCCCCCCCCCCCCC)COC1OC(COC2OC(CO)C(O)C(O)C2O)C(O)C(O)C1O. The maximum Gasteiger partial charge on any atom is 0.306 e. The highest BCUT2D eigenvalue weighted by Crippen LogP contribution is 2.27. The zero-order valence-corrected chi connectivity index (χ0v) is 46.6. The summed E-state index contributed by atoms with van der Waals surface area (Å²) in [6.07, 6.45) is 32.3. The maximum atomic E-state index is 13.1. The van der Waals surface area contributed by atoms with Gasteiger partial charge < -0.3 is 64.2 Å². The lowest BCUT2D eigenvalue weighted by atomic mass is 9.98. The van der Waals surface area contributed by atoms with Crippen LogP contribution in [-0.4, -0.2) is 142 Å². The number of esters is 2. The molecule has 0 aromatic heterocycles. The van der Waals surface area contributed by atoms with Gasteiger partial charge in [0.2, 0.25) is 0 Å². The van der Waals surface area contributed by atoms with Crippen molar-refractivity contribution in [1.29, 1.82) is 0 Å². The molecule has 11 unspecified atom stereocenters. The predicted molar refractivity (Wildman–Crippen MR) is 289 cm³/mol. The van der Waals surface area contributed by atoms with Crippen molar-refractivity contribution in [3.8, 4) is 0 Å². The lowest BCUT2D eigenvalue weighted by molar-refractivity contribution is -0.332. The normalized spacial score (nSPS) is 24.7. The highest BCUT2D eigenvalue weighted by atomic mass is 16.7. The van der Waals surface area contributed by atoms with E-state index in [2.05, 4.69) is 26.0 Å². The Labute approximate surface area is 448 Å². The first-order valence-electron chi connectivity index (χ1n) is 30.3. The summed E-state index contributed by atoms with van der Waals surface area (Å²) in [4.78, 5) is 25.9. The number of hydrogen-bond acceptors (Lipinski definition) is 15. The Morgan fingerprint density at radius 3 is 1.19 bits per heavy atom. The minimum atomic E-state index is -1.76. The van der Waals surface area contributed by atoms with Crippen LogP contribution in [0.2, 0.25) is 0 Å². The summed E-state index contributed by atoms with van der Waals surface area (Å²) in [6.45, 7) is 2.65. The van der Waals surface area contributed by atoms with Crippen molar-refractivity contribution >= 4 is 11.9 Å². The summed E-state index contributed by atoms with van der Waals surface area (Å²) >= 11 is 0. The van der Waals surface area contributed by atoms with Crippen LogP contribution in [-0.2, 0) is 38.0 Å². The van der Waals surface area contributed by atoms with Gasteiger partial charge in [-0.3, -0.25) is 9.59 Å². The fourth-order valence-corrected chi connectivity index (χ4v) is 9.80. The van der Waals surface area contributed by atoms with Crippen LogP contribution in [0.3, 0.4) is 0 Å². The molecule has 0 aliphatic carbocycles. The molecule has 0 radical (unpaired) electrons. The Balaban J connectivity index is 1.72. The van der Waals surface area contributed by atoms with Gasteiger partial charge in [-0.15, -0.1) is 0 Å². The van der Waals surface area contributed by atoms with Crippen molar-refractivity contribution in [2.24, 2.45) is 0 Å². The fraction of sp³-hybridized carbons (Fsp3) is 0.932. The van der Waals surface area contributed by atoms with Crippen LogP contribution in [0, 0.1) is 0 Å². The standard InChI is InChI=1S/C59H110O15/c1-3-5-7-9-11-13-15-17-19-20-21-22-23-24-25-26-28-30-32-34-36-38-40-42-51(62)72-47(44-69-50(61)41-39-37-35-33-31-29-27-18-16-14-12-10-8-6-4-2)45-70-58-57(68)55(66)53(64)49(74-58)46-71-59-56(67)54(65)52(63)48(43-60)73-59/h20-21,47-49,52-60,63-68H,3-19,22-46H2,1-2H3/b21-20-. The van der Waals surface area contributed by atoms with Gasteiger partial charge in [0, 0.05) is 12.8 Å². The third kappa shape index (κ3) is 32.9. The number of hydrogen-bond donors (Lipinski definition) is 7. The second-order valence-electron chi connectivity index (χ2n) is 21.5. The summed E-state index contributed by atoms with van der Waals surface area (Å²) in [6, 6.07) is 0. The number of rotatable bonds is 49. The predicted octanol–water partition coefficient (Wildman–Crippen LogP) is 10.5. The minimum absolute atomic E-state index is 0.169. The molecule has 74 heavy (non-hydrogen) atoms. The van der Waals surface area contributed by atoms with Gasteiger partial charge in [0.1, 0.15) is 55.4 Å². The Hall–Kier alpha value is -1.76. The van der Waals surface area contributed by atoms with E-state index < -0.39 is 92.7 Å². The van der Waals surface area contributed by atoms with Gasteiger partial charge in [0.15, 0.2) is 18.7 Å². The summed E-state index contributed by atoms with van der Waals surface area (Å²) in [5.41, 5.74) is 0. The second kappa shape index (κ2) is 46.2. The third-order valence-electron chi connectivity index (χ3n) is 14.7. The van der Waals surface area contributed by atoms with E-state index in [9.17, 15) is 45.3 Å². The molecule has 0 bridgehead atoms. The number of carbonyl (C=O) groups is 2. The van der Waals surface area contributed by atoms with Gasteiger partial charge in [-0.25, -0.2) is 0 Å². The van der Waals surface area contributed by atoms with E-state index in [1.165, 1.54) is 180 Å². The van der Waals surface area contributed by atoms with Gasteiger partial charge in [-0.2, -0.15) is 0 Å². The third-order valence-corrected chi connectivity index (χ3v) is 14.7. The molecule has 0 amide bonds. The van der Waals surface area contributed by atoms with Crippen molar-refractivity contribution < 1.29 is 73.8 Å². The van der Waals surface area contributed by atoms with E-state index in [0.717, 1.165) is 38.5 Å². The van der Waals surface area contributed by atoms with E-state index in [4.69, 9.17) is 28.4 Å². The number of unbranched alkanes of at least 4 members (excludes halogenated alkanes) is 33. The van der Waals surface area contributed by atoms with Crippen molar-refractivity contribution in [2.75, 3.05) is 26.4 Å². The first-order chi connectivity index (χ1) is 36.0. The van der Waals surface area contributed by atoms with Crippen LogP contribution >= 0.6 is 0 Å². The molecule has 15 heteroatoms. The lowest BCUT2D eigenvalue weighted by Crippen LogP contribution is -2.61. The van der Waals surface area contributed by atoms with Crippen molar-refractivity contribution in [2.45, 2.75) is 325 Å². The molecule has 11 atom stereocenters. The summed E-state index contributed by atoms with van der Waals surface area (Å²) in [7, 11) is 0. The van der Waals surface area contributed by atoms with Crippen LogP contribution in [0.25, 0.3) is 0 Å². The topological polar surface area (TPSA) is 231 Å². The summed E-state index contributed by atoms with van der Waals surface area (Å²) in [5.74, 6) is -0.909. The molecule has 436 valence electrons. The van der Waals surface area contributed by atoms with E-state index in [-0.39, 0.29) is 26.1 Å². The number of ether oxygens (including phenoxy) is 6. The Kier molecular flexibility index (Phi) is 42.7. The minimum Gasteiger partial charge on any atom is -0.462 e. The van der Waals surface area contributed by atoms with Gasteiger partial charge in [0.05, 0.1) is 19.8 Å². The first kappa shape index (κ1) is 68.3. The van der Waals surface area contributed by atoms with Crippen molar-refractivity contribution in [3.05, 3.63) is 12.2 Å². The number of aliphatic hydroxyl groups excluding tert-OH is 7.